The molecule has 0 heterocycles. The molecule has 0 saturated heterocycles. The molecule has 0 aromatic rings. The first-order valence-corrected chi connectivity index (χ1v) is 1.39. The average molecular weight is 213 g/mol. The Kier molecular flexibility index (Phi) is 25.3. The third-order valence-corrected chi connectivity index (χ3v) is 0. The van der Waals surface area contributed by atoms with Crippen molar-refractivity contribution in [1.29, 1.82) is 0 Å². The summed E-state index contributed by atoms with van der Waals surface area (Å²) >= 11 is 0. The van der Waals surface area contributed by atoms with Gasteiger partial charge in [0.25, 0.3) is 0 Å². The van der Waals surface area contributed by atoms with Crippen LogP contribution in [0.5, 0.6) is 0 Å². The van der Waals surface area contributed by atoms with Crippen LogP contribution in [0.2, 0.25) is 0 Å². The van der Waals surface area contributed by atoms with Gasteiger partial charge in [-0.25, -0.2) is 0 Å². The molecule has 0 aliphatic rings. The van der Waals surface area contributed by atoms with Gasteiger partial charge in [0.15, 0.2) is 0 Å². The van der Waals surface area contributed by atoms with Gasteiger partial charge in [-0.15, -0.1) is 6.10 Å². The standard InChI is InChI=1S/C3H7O.Ba.H2O/c1-3(2)4;;/h3H,1-2H3;;1H2/q-1;+2;/p-1. The molecule has 1 N–H and O–H groups in total. The third kappa shape index (κ3) is 49.8. The molecule has 0 amide bonds. The summed E-state index contributed by atoms with van der Waals surface area (Å²) in [6, 6.07) is 0. The van der Waals surface area contributed by atoms with E-state index in [2.05, 4.69) is 0 Å². The molecule has 34 valence electrons. The van der Waals surface area contributed by atoms with Crippen molar-refractivity contribution in [3.63, 3.8) is 0 Å². The summed E-state index contributed by atoms with van der Waals surface area (Å²) in [5.74, 6) is 0. The predicted octanol–water partition coefficient (Wildman–Crippen LogP) is -0.803. The van der Waals surface area contributed by atoms with E-state index < -0.39 is 6.10 Å². The first-order valence-electron chi connectivity index (χ1n) is 1.39. The normalized spacial score (nSPS) is 6.00. The maximum absolute atomic E-state index is 9.53. The minimum Gasteiger partial charge on any atom is -0.870 e. The molecule has 0 spiro atoms. The Balaban J connectivity index is -0.0000000450. The Morgan fingerprint density at radius 1 is 1.33 bits per heavy atom. The van der Waals surface area contributed by atoms with Crippen molar-refractivity contribution in [3.05, 3.63) is 0 Å². The maximum atomic E-state index is 9.53. The number of hydrogen-bond donors (Lipinski definition) is 0. The van der Waals surface area contributed by atoms with Crippen LogP contribution in [0.15, 0.2) is 0 Å². The van der Waals surface area contributed by atoms with Crippen LogP contribution in [0, 0.1) is 0 Å². The van der Waals surface area contributed by atoms with Crippen molar-refractivity contribution in [1.82, 2.24) is 0 Å². The van der Waals surface area contributed by atoms with Crippen molar-refractivity contribution < 1.29 is 10.6 Å². The molecule has 3 heteroatoms. The molecule has 0 bridgehead atoms. The van der Waals surface area contributed by atoms with E-state index >= 15 is 0 Å². The molecule has 0 atom stereocenters. The molecular weight excluding hydrogens is 205 g/mol. The molecule has 0 aliphatic carbocycles. The van der Waals surface area contributed by atoms with Crippen molar-refractivity contribution in [3.8, 4) is 0 Å². The summed E-state index contributed by atoms with van der Waals surface area (Å²) in [7, 11) is 0. The van der Waals surface area contributed by atoms with Crippen LogP contribution in [-0.4, -0.2) is 60.5 Å². The zero-order valence-corrected chi connectivity index (χ0v) is 8.58. The zero-order chi connectivity index (χ0) is 3.58. The van der Waals surface area contributed by atoms with Gasteiger partial charge in [-0.3, -0.25) is 0 Å². The largest absolute Gasteiger partial charge is 2.00 e. The summed E-state index contributed by atoms with van der Waals surface area (Å²) in [6.07, 6.45) is -0.417. The first kappa shape index (κ1) is 15.6. The van der Waals surface area contributed by atoms with Gasteiger partial charge in [-0.2, -0.15) is 0 Å². The number of rotatable bonds is 0. The third-order valence-electron chi connectivity index (χ3n) is 0. The fourth-order valence-corrected chi connectivity index (χ4v) is 0. The summed E-state index contributed by atoms with van der Waals surface area (Å²) in [5.41, 5.74) is 0. The smallest absolute Gasteiger partial charge is 0.870 e. The fraction of sp³-hybridized carbons (Fsp3) is 1.00. The fourth-order valence-electron chi connectivity index (χ4n) is 0. The maximum Gasteiger partial charge on any atom is 2.00 e. The molecular formula is C3H8BaO2. The summed E-state index contributed by atoms with van der Waals surface area (Å²) < 4.78 is 0. The average Bonchev–Trinajstić information content (AvgIpc) is 0.811. The second kappa shape index (κ2) is 9.70. The van der Waals surface area contributed by atoms with Crippen molar-refractivity contribution in [2.24, 2.45) is 0 Å². The summed E-state index contributed by atoms with van der Waals surface area (Å²) in [6.45, 7) is 3.22. The Morgan fingerprint density at radius 3 is 1.33 bits per heavy atom. The summed E-state index contributed by atoms with van der Waals surface area (Å²) in [4.78, 5) is 0. The quantitative estimate of drug-likeness (QED) is 0.495. The van der Waals surface area contributed by atoms with E-state index in [9.17, 15) is 5.11 Å². The molecule has 2 nitrogen and oxygen atoms in total. The van der Waals surface area contributed by atoms with Gasteiger partial charge in [-0.1, -0.05) is 13.8 Å². The Morgan fingerprint density at radius 2 is 1.33 bits per heavy atom. The predicted molar refractivity (Wildman–Crippen MR) is 22.8 cm³/mol. The molecule has 0 rings (SSSR count). The van der Waals surface area contributed by atoms with Crippen LogP contribution in [0.4, 0.5) is 0 Å². The second-order valence-electron chi connectivity index (χ2n) is 1.05. The molecule has 0 saturated carbocycles. The SMILES string of the molecule is CC(C)[O-].[Ba+2].[OH-]. The van der Waals surface area contributed by atoms with Crippen LogP contribution >= 0.6 is 0 Å². The van der Waals surface area contributed by atoms with Crippen LogP contribution < -0.4 is 5.11 Å². The van der Waals surface area contributed by atoms with E-state index in [4.69, 9.17) is 0 Å². The van der Waals surface area contributed by atoms with Crippen molar-refractivity contribution >= 4 is 48.9 Å². The van der Waals surface area contributed by atoms with Gasteiger partial charge in [0.2, 0.25) is 0 Å². The zero-order valence-electron chi connectivity index (χ0n) is 4.14. The van der Waals surface area contributed by atoms with Gasteiger partial charge in [0.05, 0.1) is 0 Å². The molecule has 6 heavy (non-hydrogen) atoms. The van der Waals surface area contributed by atoms with E-state index in [1.165, 1.54) is 0 Å². The van der Waals surface area contributed by atoms with E-state index in [0.717, 1.165) is 0 Å². The Hall–Kier alpha value is 1.49. The minimum absolute atomic E-state index is 0. The van der Waals surface area contributed by atoms with Crippen LogP contribution in [0.1, 0.15) is 13.8 Å². The van der Waals surface area contributed by atoms with E-state index in [1.54, 1.807) is 13.8 Å². The molecule has 0 aromatic heterocycles. The van der Waals surface area contributed by atoms with E-state index in [0.29, 0.717) is 0 Å². The van der Waals surface area contributed by atoms with Crippen LogP contribution in [-0.2, 0) is 0 Å². The number of hydrogen-bond acceptors (Lipinski definition) is 2. The van der Waals surface area contributed by atoms with Crippen LogP contribution in [0.3, 0.4) is 0 Å². The van der Waals surface area contributed by atoms with Gasteiger partial charge in [-0.05, 0) is 0 Å². The topological polar surface area (TPSA) is 53.1 Å². The molecule has 0 fully saturated rings. The van der Waals surface area contributed by atoms with Gasteiger partial charge in [0, 0.05) is 0 Å². The van der Waals surface area contributed by atoms with E-state index in [1.807, 2.05) is 0 Å². The molecule has 0 aliphatic heterocycles. The summed E-state index contributed by atoms with van der Waals surface area (Å²) in [5, 5.41) is 9.53. The first-order chi connectivity index (χ1) is 1.73. The van der Waals surface area contributed by atoms with Crippen molar-refractivity contribution in [2.45, 2.75) is 20.0 Å². The van der Waals surface area contributed by atoms with E-state index in [-0.39, 0.29) is 54.4 Å². The molecule has 0 aromatic carbocycles. The van der Waals surface area contributed by atoms with Crippen molar-refractivity contribution in [2.75, 3.05) is 0 Å². The molecule has 0 unspecified atom stereocenters. The molecule has 0 radical (unpaired) electrons. The minimum atomic E-state index is -0.417. The van der Waals surface area contributed by atoms with Crippen LogP contribution in [0.25, 0.3) is 0 Å². The Bertz CT molecular complexity index is 13.5. The van der Waals surface area contributed by atoms with Gasteiger partial charge >= 0.3 is 48.9 Å². The second-order valence-corrected chi connectivity index (χ2v) is 1.05. The van der Waals surface area contributed by atoms with Gasteiger partial charge in [0.1, 0.15) is 0 Å². The van der Waals surface area contributed by atoms with Gasteiger partial charge < -0.3 is 10.6 Å². The Labute approximate surface area is 78.3 Å². The monoisotopic (exact) mass is 214 g/mol.